The Hall–Kier alpha value is -0.200. The SMILES string of the molecule is NC(=S)C(NS(=O)(=O)C1CCCC1)C1CCCCC1. The van der Waals surface area contributed by atoms with Crippen LogP contribution in [0.3, 0.4) is 0 Å². The van der Waals surface area contributed by atoms with Crippen LogP contribution >= 0.6 is 12.2 Å². The first kappa shape index (κ1) is 15.2. The van der Waals surface area contributed by atoms with E-state index in [0.717, 1.165) is 51.4 Å². The molecule has 0 radical (unpaired) electrons. The maximum Gasteiger partial charge on any atom is 0.215 e. The molecule has 0 spiro atoms. The van der Waals surface area contributed by atoms with Gasteiger partial charge in [0, 0.05) is 0 Å². The molecule has 2 fully saturated rings. The second kappa shape index (κ2) is 6.50. The van der Waals surface area contributed by atoms with Crippen molar-refractivity contribution in [1.82, 2.24) is 4.72 Å². The van der Waals surface area contributed by atoms with Crippen molar-refractivity contribution < 1.29 is 8.42 Å². The Labute approximate surface area is 121 Å². The summed E-state index contributed by atoms with van der Waals surface area (Å²) < 4.78 is 27.5. The van der Waals surface area contributed by atoms with Crippen LogP contribution in [-0.2, 0) is 10.0 Å². The highest BCUT2D eigenvalue weighted by Crippen LogP contribution is 2.29. The van der Waals surface area contributed by atoms with Gasteiger partial charge in [-0.05, 0) is 31.6 Å². The van der Waals surface area contributed by atoms with Gasteiger partial charge < -0.3 is 5.73 Å². The third-order valence-electron chi connectivity index (χ3n) is 4.46. The predicted molar refractivity (Wildman–Crippen MR) is 81.5 cm³/mol. The second-order valence-corrected chi connectivity index (χ2v) is 8.31. The molecule has 0 saturated heterocycles. The molecule has 0 heterocycles. The Bertz CT molecular complexity index is 410. The normalized spacial score (nSPS) is 24.4. The summed E-state index contributed by atoms with van der Waals surface area (Å²) in [6.07, 6.45) is 9.12. The minimum atomic E-state index is -3.27. The lowest BCUT2D eigenvalue weighted by Gasteiger charge is -2.30. The van der Waals surface area contributed by atoms with Crippen LogP contribution in [0, 0.1) is 5.92 Å². The highest BCUT2D eigenvalue weighted by atomic mass is 32.2. The molecule has 1 unspecified atom stereocenters. The fourth-order valence-electron chi connectivity index (χ4n) is 3.33. The van der Waals surface area contributed by atoms with Crippen LogP contribution in [-0.4, -0.2) is 24.7 Å². The number of hydrogen-bond donors (Lipinski definition) is 2. The lowest BCUT2D eigenvalue weighted by Crippen LogP contribution is -2.50. The van der Waals surface area contributed by atoms with E-state index in [-0.39, 0.29) is 17.2 Å². The molecule has 6 heteroatoms. The molecular weight excluding hydrogens is 280 g/mol. The molecule has 2 rings (SSSR count). The van der Waals surface area contributed by atoms with E-state index in [9.17, 15) is 8.42 Å². The Morgan fingerprint density at radius 2 is 1.58 bits per heavy atom. The van der Waals surface area contributed by atoms with E-state index in [0.29, 0.717) is 4.99 Å². The van der Waals surface area contributed by atoms with Gasteiger partial charge in [0.2, 0.25) is 10.0 Å². The van der Waals surface area contributed by atoms with Crippen LogP contribution in [0.5, 0.6) is 0 Å². The molecule has 19 heavy (non-hydrogen) atoms. The summed E-state index contributed by atoms with van der Waals surface area (Å²) in [5, 5.41) is -0.243. The van der Waals surface area contributed by atoms with Crippen LogP contribution in [0.15, 0.2) is 0 Å². The summed E-state index contributed by atoms with van der Waals surface area (Å²) in [6, 6.07) is -0.346. The highest BCUT2D eigenvalue weighted by molar-refractivity contribution is 7.90. The largest absolute Gasteiger partial charge is 0.392 e. The van der Waals surface area contributed by atoms with Gasteiger partial charge in [0.1, 0.15) is 0 Å². The van der Waals surface area contributed by atoms with Crippen molar-refractivity contribution in [3.63, 3.8) is 0 Å². The smallest absolute Gasteiger partial charge is 0.215 e. The molecule has 0 aromatic carbocycles. The van der Waals surface area contributed by atoms with Gasteiger partial charge >= 0.3 is 0 Å². The predicted octanol–water partition coefficient (Wildman–Crippen LogP) is 2.08. The zero-order chi connectivity index (χ0) is 13.9. The molecule has 2 aliphatic carbocycles. The maximum absolute atomic E-state index is 12.4. The summed E-state index contributed by atoms with van der Waals surface area (Å²) in [5.41, 5.74) is 5.78. The number of nitrogens with one attached hydrogen (secondary N) is 1. The molecule has 0 aromatic rings. The van der Waals surface area contributed by atoms with Crippen molar-refractivity contribution in [3.05, 3.63) is 0 Å². The molecule has 2 saturated carbocycles. The molecule has 110 valence electrons. The van der Waals surface area contributed by atoms with Gasteiger partial charge in [-0.25, -0.2) is 13.1 Å². The molecule has 2 aliphatic rings. The second-order valence-electron chi connectivity index (χ2n) is 5.85. The standard InChI is InChI=1S/C13H24N2O2S2/c14-13(18)12(10-6-2-1-3-7-10)15-19(16,17)11-8-4-5-9-11/h10-12,15H,1-9H2,(H2,14,18). The lowest BCUT2D eigenvalue weighted by molar-refractivity contribution is 0.330. The first-order valence-corrected chi connectivity index (χ1v) is 9.26. The molecular formula is C13H24N2O2S2. The van der Waals surface area contributed by atoms with E-state index >= 15 is 0 Å². The van der Waals surface area contributed by atoms with Gasteiger partial charge in [0.25, 0.3) is 0 Å². The van der Waals surface area contributed by atoms with Gasteiger partial charge in [-0.1, -0.05) is 44.3 Å². The number of sulfonamides is 1. The average molecular weight is 304 g/mol. The fraction of sp³-hybridized carbons (Fsp3) is 0.923. The summed E-state index contributed by atoms with van der Waals surface area (Å²) >= 11 is 5.09. The number of rotatable bonds is 5. The monoisotopic (exact) mass is 304 g/mol. The van der Waals surface area contributed by atoms with Crippen molar-refractivity contribution in [3.8, 4) is 0 Å². The number of thiocarbonyl (C=S) groups is 1. The Morgan fingerprint density at radius 1 is 1.05 bits per heavy atom. The molecule has 0 bridgehead atoms. The van der Waals surface area contributed by atoms with Crippen LogP contribution in [0.4, 0.5) is 0 Å². The quantitative estimate of drug-likeness (QED) is 0.763. The van der Waals surface area contributed by atoms with Gasteiger partial charge in [-0.2, -0.15) is 0 Å². The summed E-state index contributed by atoms with van der Waals surface area (Å²) in [5.74, 6) is 0.280. The Balaban J connectivity index is 2.05. The van der Waals surface area contributed by atoms with Gasteiger partial charge in [-0.15, -0.1) is 0 Å². The summed E-state index contributed by atoms with van der Waals surface area (Å²) in [7, 11) is -3.27. The third kappa shape index (κ3) is 3.89. The fourth-order valence-corrected chi connectivity index (χ4v) is 5.47. The Morgan fingerprint density at radius 3 is 2.11 bits per heavy atom. The third-order valence-corrected chi connectivity index (χ3v) is 6.65. The molecule has 0 aliphatic heterocycles. The van der Waals surface area contributed by atoms with Crippen molar-refractivity contribution in [2.45, 2.75) is 69.1 Å². The van der Waals surface area contributed by atoms with E-state index in [1.165, 1.54) is 6.42 Å². The average Bonchev–Trinajstić information content (AvgIpc) is 2.91. The maximum atomic E-state index is 12.4. The van der Waals surface area contributed by atoms with Gasteiger partial charge in [0.05, 0.1) is 16.3 Å². The number of nitrogens with two attached hydrogens (primary N) is 1. The zero-order valence-electron chi connectivity index (χ0n) is 11.3. The molecule has 3 N–H and O–H groups in total. The first-order valence-electron chi connectivity index (χ1n) is 7.31. The van der Waals surface area contributed by atoms with Gasteiger partial charge in [0.15, 0.2) is 0 Å². The topological polar surface area (TPSA) is 72.2 Å². The van der Waals surface area contributed by atoms with Crippen molar-refractivity contribution >= 4 is 27.2 Å². The van der Waals surface area contributed by atoms with E-state index in [4.69, 9.17) is 18.0 Å². The molecule has 0 aromatic heterocycles. The minimum absolute atomic E-state index is 0.243. The highest BCUT2D eigenvalue weighted by Gasteiger charge is 2.34. The lowest BCUT2D eigenvalue weighted by atomic mass is 9.84. The van der Waals surface area contributed by atoms with Crippen LogP contribution in [0.25, 0.3) is 0 Å². The van der Waals surface area contributed by atoms with Crippen molar-refractivity contribution in [2.24, 2.45) is 11.7 Å². The van der Waals surface area contributed by atoms with Crippen LogP contribution in [0.2, 0.25) is 0 Å². The van der Waals surface area contributed by atoms with Crippen LogP contribution in [0.1, 0.15) is 57.8 Å². The van der Waals surface area contributed by atoms with Crippen LogP contribution < -0.4 is 10.5 Å². The summed E-state index contributed by atoms with van der Waals surface area (Å²) in [4.78, 5) is 0.300. The van der Waals surface area contributed by atoms with E-state index in [1.807, 2.05) is 0 Å². The zero-order valence-corrected chi connectivity index (χ0v) is 12.9. The van der Waals surface area contributed by atoms with E-state index in [2.05, 4.69) is 4.72 Å². The Kier molecular flexibility index (Phi) is 5.20. The molecule has 4 nitrogen and oxygen atoms in total. The van der Waals surface area contributed by atoms with E-state index in [1.54, 1.807) is 0 Å². The molecule has 0 amide bonds. The first-order chi connectivity index (χ1) is 9.00. The summed E-state index contributed by atoms with van der Waals surface area (Å²) in [6.45, 7) is 0. The van der Waals surface area contributed by atoms with Crippen molar-refractivity contribution in [1.29, 1.82) is 0 Å². The van der Waals surface area contributed by atoms with Gasteiger partial charge in [-0.3, -0.25) is 0 Å². The van der Waals surface area contributed by atoms with E-state index < -0.39 is 10.0 Å². The van der Waals surface area contributed by atoms with Crippen molar-refractivity contribution in [2.75, 3.05) is 0 Å². The molecule has 1 atom stereocenters. The minimum Gasteiger partial charge on any atom is -0.392 e. The number of hydrogen-bond acceptors (Lipinski definition) is 3.